The van der Waals surface area contributed by atoms with E-state index in [0.717, 1.165) is 48.8 Å². The van der Waals surface area contributed by atoms with E-state index in [2.05, 4.69) is 22.1 Å². The van der Waals surface area contributed by atoms with Crippen molar-refractivity contribution in [2.45, 2.75) is 19.3 Å². The molecule has 1 saturated heterocycles. The number of aromatic nitrogens is 2. The number of fused-ring (bicyclic) bond motifs is 1. The van der Waals surface area contributed by atoms with Crippen LogP contribution in [0.25, 0.3) is 10.9 Å². The normalized spacial score (nSPS) is 15.4. The van der Waals surface area contributed by atoms with Crippen LogP contribution in [0, 0.1) is 5.92 Å². The maximum Gasteiger partial charge on any atom is 0.253 e. The van der Waals surface area contributed by atoms with E-state index in [0.29, 0.717) is 5.92 Å². The molecule has 1 aliphatic heterocycles. The minimum atomic E-state index is 0.133. The second-order valence-electron chi connectivity index (χ2n) is 6.71. The van der Waals surface area contributed by atoms with E-state index in [1.54, 1.807) is 6.20 Å². The van der Waals surface area contributed by atoms with Crippen LogP contribution in [0.15, 0.2) is 61.1 Å². The van der Waals surface area contributed by atoms with Crippen molar-refractivity contribution in [3.63, 3.8) is 0 Å². The molecular formula is C21H21N3O. The molecule has 4 heteroatoms. The Balaban J connectivity index is 1.40. The number of carbonyl (C=O) groups excluding carboxylic acids is 1. The highest BCUT2D eigenvalue weighted by Crippen LogP contribution is 2.23. The molecule has 4 rings (SSSR count). The highest BCUT2D eigenvalue weighted by Gasteiger charge is 2.23. The molecule has 4 nitrogen and oxygen atoms in total. The van der Waals surface area contributed by atoms with Crippen LogP contribution in [0.4, 0.5) is 0 Å². The summed E-state index contributed by atoms with van der Waals surface area (Å²) >= 11 is 0. The zero-order valence-electron chi connectivity index (χ0n) is 14.1. The van der Waals surface area contributed by atoms with Gasteiger partial charge >= 0.3 is 0 Å². The third kappa shape index (κ3) is 3.53. The van der Waals surface area contributed by atoms with Gasteiger partial charge < -0.3 is 4.90 Å². The number of nitrogens with zero attached hydrogens (tertiary/aromatic N) is 3. The number of pyridine rings is 2. The van der Waals surface area contributed by atoms with E-state index in [1.807, 2.05) is 47.6 Å². The fourth-order valence-electron chi connectivity index (χ4n) is 3.58. The van der Waals surface area contributed by atoms with Gasteiger partial charge in [-0.15, -0.1) is 0 Å². The lowest BCUT2D eigenvalue weighted by molar-refractivity contribution is 0.0690. The number of rotatable bonds is 3. The molecule has 1 fully saturated rings. The number of piperidine rings is 1. The highest BCUT2D eigenvalue weighted by atomic mass is 16.2. The number of likely N-dealkylation sites (tertiary alicyclic amines) is 1. The summed E-state index contributed by atoms with van der Waals surface area (Å²) in [6.07, 6.45) is 8.67. The molecule has 0 radical (unpaired) electrons. The molecule has 0 N–H and O–H groups in total. The Morgan fingerprint density at radius 1 is 1.04 bits per heavy atom. The van der Waals surface area contributed by atoms with E-state index >= 15 is 0 Å². The zero-order valence-corrected chi connectivity index (χ0v) is 14.1. The summed E-state index contributed by atoms with van der Waals surface area (Å²) < 4.78 is 0. The summed E-state index contributed by atoms with van der Waals surface area (Å²) in [5.41, 5.74) is 3.02. The Hall–Kier alpha value is -2.75. The third-order valence-corrected chi connectivity index (χ3v) is 5.03. The molecular weight excluding hydrogens is 310 g/mol. The smallest absolute Gasteiger partial charge is 0.253 e. The molecule has 2 aromatic heterocycles. The van der Waals surface area contributed by atoms with Crippen LogP contribution in [-0.4, -0.2) is 33.9 Å². The summed E-state index contributed by atoms with van der Waals surface area (Å²) in [6, 6.07) is 13.8. The minimum absolute atomic E-state index is 0.133. The fraction of sp³-hybridized carbons (Fsp3) is 0.286. The van der Waals surface area contributed by atoms with Crippen LogP contribution < -0.4 is 0 Å². The lowest BCUT2D eigenvalue weighted by Crippen LogP contribution is -2.38. The number of amides is 1. The van der Waals surface area contributed by atoms with Crippen molar-refractivity contribution in [2.75, 3.05) is 13.1 Å². The van der Waals surface area contributed by atoms with Crippen molar-refractivity contribution in [3.8, 4) is 0 Å². The standard InChI is InChI=1S/C21H21N3O/c25-21(19-3-4-20-18(15-19)2-1-9-23-20)24-12-7-17(8-13-24)14-16-5-10-22-11-6-16/h1-6,9-11,15,17H,7-8,12-14H2. The van der Waals surface area contributed by atoms with E-state index in [9.17, 15) is 4.79 Å². The predicted octanol–water partition coefficient (Wildman–Crippen LogP) is 3.72. The van der Waals surface area contributed by atoms with Gasteiger partial charge in [-0.25, -0.2) is 0 Å². The van der Waals surface area contributed by atoms with E-state index in [1.165, 1.54) is 5.56 Å². The monoisotopic (exact) mass is 331 g/mol. The molecule has 0 spiro atoms. The van der Waals surface area contributed by atoms with Gasteiger partial charge in [0.15, 0.2) is 0 Å². The molecule has 1 aromatic carbocycles. The van der Waals surface area contributed by atoms with Gasteiger partial charge in [-0.2, -0.15) is 0 Å². The number of hydrogen-bond donors (Lipinski definition) is 0. The van der Waals surface area contributed by atoms with Crippen LogP contribution >= 0.6 is 0 Å². The van der Waals surface area contributed by atoms with Crippen molar-refractivity contribution in [1.82, 2.24) is 14.9 Å². The number of hydrogen-bond acceptors (Lipinski definition) is 3. The first-order valence-corrected chi connectivity index (χ1v) is 8.82. The van der Waals surface area contributed by atoms with Crippen molar-refractivity contribution in [2.24, 2.45) is 5.92 Å². The summed E-state index contributed by atoms with van der Waals surface area (Å²) in [5, 5.41) is 1.01. The van der Waals surface area contributed by atoms with Gasteiger partial charge in [0.1, 0.15) is 0 Å². The lowest BCUT2D eigenvalue weighted by Gasteiger charge is -2.32. The molecule has 126 valence electrons. The second kappa shape index (κ2) is 7.01. The Morgan fingerprint density at radius 3 is 2.64 bits per heavy atom. The lowest BCUT2D eigenvalue weighted by atomic mass is 9.90. The molecule has 0 bridgehead atoms. The van der Waals surface area contributed by atoms with Gasteiger partial charge in [-0.05, 0) is 67.1 Å². The van der Waals surface area contributed by atoms with Gasteiger partial charge in [0, 0.05) is 42.6 Å². The Kier molecular flexibility index (Phi) is 4.42. The van der Waals surface area contributed by atoms with Gasteiger partial charge in [-0.1, -0.05) is 6.07 Å². The van der Waals surface area contributed by atoms with Crippen LogP contribution in [-0.2, 0) is 6.42 Å². The SMILES string of the molecule is O=C(c1ccc2ncccc2c1)N1CCC(Cc2ccncc2)CC1. The average molecular weight is 331 g/mol. The maximum absolute atomic E-state index is 12.8. The van der Waals surface area contributed by atoms with Crippen LogP contribution in [0.1, 0.15) is 28.8 Å². The number of benzene rings is 1. The van der Waals surface area contributed by atoms with Crippen LogP contribution in [0.3, 0.4) is 0 Å². The molecule has 3 heterocycles. The summed E-state index contributed by atoms with van der Waals surface area (Å²) in [6.45, 7) is 1.67. The van der Waals surface area contributed by atoms with Gasteiger partial charge in [0.25, 0.3) is 5.91 Å². The van der Waals surface area contributed by atoms with Crippen molar-refractivity contribution < 1.29 is 4.79 Å². The zero-order chi connectivity index (χ0) is 17.1. The first-order valence-electron chi connectivity index (χ1n) is 8.82. The van der Waals surface area contributed by atoms with Gasteiger partial charge in [0.2, 0.25) is 0 Å². The molecule has 0 aliphatic carbocycles. The Bertz CT molecular complexity index is 870. The molecule has 1 aliphatic rings. The number of carbonyl (C=O) groups is 1. The van der Waals surface area contributed by atoms with Gasteiger partial charge in [-0.3, -0.25) is 14.8 Å². The average Bonchev–Trinajstić information content (AvgIpc) is 2.68. The van der Waals surface area contributed by atoms with Crippen molar-refractivity contribution in [1.29, 1.82) is 0 Å². The Morgan fingerprint density at radius 2 is 1.84 bits per heavy atom. The van der Waals surface area contributed by atoms with Gasteiger partial charge in [0.05, 0.1) is 5.52 Å². The summed E-state index contributed by atoms with van der Waals surface area (Å²) in [7, 11) is 0. The van der Waals surface area contributed by atoms with E-state index < -0.39 is 0 Å². The molecule has 3 aromatic rings. The first kappa shape index (κ1) is 15.8. The molecule has 1 amide bonds. The Labute approximate surface area is 147 Å². The fourth-order valence-corrected chi connectivity index (χ4v) is 3.58. The third-order valence-electron chi connectivity index (χ3n) is 5.03. The van der Waals surface area contributed by atoms with Crippen LogP contribution in [0.2, 0.25) is 0 Å². The molecule has 0 atom stereocenters. The van der Waals surface area contributed by atoms with E-state index in [-0.39, 0.29) is 5.91 Å². The highest BCUT2D eigenvalue weighted by molar-refractivity contribution is 5.97. The molecule has 0 unspecified atom stereocenters. The first-order chi connectivity index (χ1) is 12.3. The van der Waals surface area contributed by atoms with Crippen LogP contribution in [0.5, 0.6) is 0 Å². The summed E-state index contributed by atoms with van der Waals surface area (Å²) in [5.74, 6) is 0.778. The quantitative estimate of drug-likeness (QED) is 0.735. The maximum atomic E-state index is 12.8. The van der Waals surface area contributed by atoms with E-state index in [4.69, 9.17) is 0 Å². The largest absolute Gasteiger partial charge is 0.339 e. The topological polar surface area (TPSA) is 46.1 Å². The molecule has 0 saturated carbocycles. The molecule has 25 heavy (non-hydrogen) atoms. The summed E-state index contributed by atoms with van der Waals surface area (Å²) in [4.78, 5) is 23.2. The predicted molar refractivity (Wildman–Crippen MR) is 98.3 cm³/mol. The minimum Gasteiger partial charge on any atom is -0.339 e. The second-order valence-corrected chi connectivity index (χ2v) is 6.71. The van der Waals surface area contributed by atoms with Crippen molar-refractivity contribution in [3.05, 3.63) is 72.2 Å². The van der Waals surface area contributed by atoms with Crippen molar-refractivity contribution >= 4 is 16.8 Å².